The lowest BCUT2D eigenvalue weighted by molar-refractivity contribution is -0.137. The Morgan fingerprint density at radius 2 is 0.966 bits per heavy atom. The molecule has 0 aliphatic carbocycles. The standard InChI is InChI=1S/C19H4.C15H14F3N3O2S.C10H8F3NO2S.C5H7ClN2.CH4.B19/c1-3-5-7-9-11-13-15-17-19-18-16-14-12-10-8-6-4-2;1-20-7-10(19-9-20)8-21-4-3-12-13(15(16,17)18)5-11(6-14(12)21)24(2,22)23;1-17(15,16)6-4-8(10(11,12)13)7-2-3-14-9(7)5-6;1-8-3-5(2-6)7-4-8;;1-11-16(10)19(17(12(2)3)13(4)5)18(14(6)7)15(8)9/h1-2H2;3-7,9H,8H2,1-2H3;2-5,14H,1H3;3-4H,2H2,1H3;1H4;. The third-order valence-corrected chi connectivity index (χ3v) is 13.8. The molecule has 0 amide bonds. The van der Waals surface area contributed by atoms with Gasteiger partial charge in [0, 0.05) is 203 Å². The van der Waals surface area contributed by atoms with Gasteiger partial charge in [0.05, 0.1) is 62.9 Å². The van der Waals surface area contributed by atoms with E-state index in [4.69, 9.17) is 89.0 Å². The molecule has 4 aromatic heterocycles. The molecule has 0 bridgehead atoms. The number of imidazole rings is 2. The number of nitrogens with one attached hydrogen (secondary N) is 1. The average Bonchev–Trinajstić information content (AvgIpc) is 2.67. The highest BCUT2D eigenvalue weighted by atomic mass is 35.5. The molecular weight excluding hydrogens is 1170 g/mol. The summed E-state index contributed by atoms with van der Waals surface area (Å²) in [6.45, 7) is 6.84. The zero-order chi connectivity index (χ0) is 65.9. The summed E-state index contributed by atoms with van der Waals surface area (Å²) in [4.78, 5) is 9.98. The van der Waals surface area contributed by atoms with E-state index in [9.17, 15) is 43.2 Å². The van der Waals surface area contributed by atoms with E-state index >= 15 is 0 Å². The fourth-order valence-corrected chi connectivity index (χ4v) is 9.10. The molecule has 409 valence electrons. The lowest BCUT2D eigenvalue weighted by Gasteiger charge is -2.41. The van der Waals surface area contributed by atoms with Crippen molar-refractivity contribution in [3.63, 3.8) is 0 Å². The Balaban J connectivity index is 0.000000564. The number of hydrogen-bond acceptors (Lipinski definition) is 6. The van der Waals surface area contributed by atoms with Crippen LogP contribution in [0.2, 0.25) is 0 Å². The van der Waals surface area contributed by atoms with Crippen molar-refractivity contribution in [3.05, 3.63) is 207 Å². The predicted molar refractivity (Wildman–Crippen MR) is 359 cm³/mol. The normalized spacial score (nSPS) is 9.72. The van der Waals surface area contributed by atoms with Crippen molar-refractivity contribution in [1.82, 2.24) is 28.7 Å². The van der Waals surface area contributed by atoms with Gasteiger partial charge in [-0.3, -0.25) is 0 Å². The molecule has 2 aromatic carbocycles. The Labute approximate surface area is 532 Å². The summed E-state index contributed by atoms with van der Waals surface area (Å²) in [5.41, 5.74) is 41.9. The van der Waals surface area contributed by atoms with Crippen molar-refractivity contribution in [3.8, 4) is 0 Å². The molecule has 0 unspecified atom stereocenters. The van der Waals surface area contributed by atoms with Gasteiger partial charge >= 0.3 is 12.4 Å². The summed E-state index contributed by atoms with van der Waals surface area (Å²) in [5.74, 6) is 0.501. The van der Waals surface area contributed by atoms with E-state index < -0.39 is 94.2 Å². The van der Waals surface area contributed by atoms with Gasteiger partial charge in [-0.2, -0.15) is 26.3 Å². The Hall–Kier alpha value is -7.06. The largest absolute Gasteiger partial charge is 0.417 e. The van der Waals surface area contributed by atoms with Crippen LogP contribution < -0.4 is 0 Å². The Bertz CT molecular complexity index is 4180. The minimum Gasteiger partial charge on any atom is -0.361 e. The first-order valence-corrected chi connectivity index (χ1v) is 28.9. The van der Waals surface area contributed by atoms with E-state index in [1.165, 1.54) is 43.7 Å². The van der Waals surface area contributed by atoms with E-state index in [0.29, 0.717) is 23.7 Å². The van der Waals surface area contributed by atoms with Crippen LogP contribution in [0.5, 0.6) is 0 Å². The van der Waals surface area contributed by atoms with Gasteiger partial charge in [0.2, 0.25) is 0 Å². The lowest BCUT2D eigenvalue weighted by Crippen LogP contribution is -2.79. The maximum Gasteiger partial charge on any atom is 0.417 e. The van der Waals surface area contributed by atoms with Gasteiger partial charge in [-0.05, 0) is 136 Å². The summed E-state index contributed by atoms with van der Waals surface area (Å²) in [7, 11) is 54.6. The van der Waals surface area contributed by atoms with Gasteiger partial charge in [-0.15, -0.1) is 11.6 Å². The van der Waals surface area contributed by atoms with Crippen molar-refractivity contribution in [2.45, 2.75) is 42.0 Å². The van der Waals surface area contributed by atoms with Crippen LogP contribution in [0.1, 0.15) is 29.9 Å². The van der Waals surface area contributed by atoms with Gasteiger partial charge in [0.15, 0.2) is 19.7 Å². The van der Waals surface area contributed by atoms with Crippen LogP contribution in [0.25, 0.3) is 21.8 Å². The van der Waals surface area contributed by atoms with Crippen LogP contribution in [0.15, 0.2) is 194 Å². The van der Waals surface area contributed by atoms with E-state index in [2.05, 4.69) is 126 Å². The molecule has 1 N–H and O–H groups in total. The minimum absolute atomic E-state index is 0. The second-order valence-corrected chi connectivity index (χ2v) is 22.3. The quantitative estimate of drug-likeness (QED) is 0.0820. The number of alkyl halides is 7. The molecule has 0 spiro atoms. The van der Waals surface area contributed by atoms with Crippen molar-refractivity contribution < 1.29 is 43.2 Å². The SMILES string of the molecule is C.C=C=C=C=C=C=C=C=C=C=C=C=C=C=C=C=C=C=C.CS(=O)(=O)c1cc(C(F)(F)F)c2cc[nH]c2c1.Cn1cnc(CCl)c1.Cn1cnc(Cn2ccc3c(C(F)(F)F)cc(S(C)(=O)=O)cc32)c1.[B][B]B([B])B(B(B([B])[B])B([B])[B])B(B([B])[B])B([B])[B]. The van der Waals surface area contributed by atoms with E-state index in [0.717, 1.165) is 18.2 Å². The molecule has 38 heteroatoms. The highest BCUT2D eigenvalue weighted by molar-refractivity contribution is 8.18. The second-order valence-electron chi connectivity index (χ2n) is 18.0. The third-order valence-electron chi connectivity index (χ3n) is 11.3. The first kappa shape index (κ1) is 79.0. The number of fused-ring (bicyclic) bond motifs is 2. The van der Waals surface area contributed by atoms with Crippen molar-refractivity contribution in [2.75, 3.05) is 12.5 Å². The number of hydrogen-bond donors (Lipinski definition) is 1. The maximum absolute atomic E-state index is 13.3. The fourth-order valence-electron chi connectivity index (χ4n) is 7.64. The molecule has 6 aromatic rings. The van der Waals surface area contributed by atoms with Crippen LogP contribution in [0.4, 0.5) is 26.3 Å². The number of rotatable bonds is 13. The summed E-state index contributed by atoms with van der Waals surface area (Å²) in [5, 5.41) is -0.0734. The van der Waals surface area contributed by atoms with Crippen molar-refractivity contribution in [2.24, 2.45) is 14.1 Å². The number of halogens is 7. The Morgan fingerprint density at radius 1 is 0.591 bits per heavy atom. The smallest absolute Gasteiger partial charge is 0.361 e. The number of nitrogens with zero attached hydrogens (tertiary/aromatic N) is 5. The number of aromatic nitrogens is 6. The number of sulfone groups is 2. The van der Waals surface area contributed by atoms with E-state index in [-0.39, 0.29) is 45.6 Å². The highest BCUT2D eigenvalue weighted by Crippen LogP contribution is 2.38. The highest BCUT2D eigenvalue weighted by Gasteiger charge is 2.43. The molecule has 0 atom stereocenters. The monoisotopic (exact) mass is 1210 g/mol. The fraction of sp³-hybridized carbons (Fsp3) is 0.180. The van der Waals surface area contributed by atoms with E-state index in [1.807, 2.05) is 17.8 Å². The molecular formula is C50H37B19ClF6N6O4S2. The number of aryl methyl sites for hydroxylation is 2. The van der Waals surface area contributed by atoms with Gasteiger partial charge < -0.3 is 18.7 Å². The molecule has 4 heterocycles. The molecule has 0 saturated carbocycles. The van der Waals surface area contributed by atoms with Crippen LogP contribution in [-0.4, -0.2) is 194 Å². The first-order valence-electron chi connectivity index (χ1n) is 24.6. The third kappa shape index (κ3) is 26.7. The Kier molecular flexibility index (Phi) is 33.8. The zero-order valence-electron chi connectivity index (χ0n) is 47.1. The van der Waals surface area contributed by atoms with Crippen LogP contribution in [0, 0.1) is 0 Å². The van der Waals surface area contributed by atoms with Gasteiger partial charge in [-0.1, -0.05) is 18.9 Å². The minimum atomic E-state index is -4.64. The molecule has 10 nitrogen and oxygen atoms in total. The van der Waals surface area contributed by atoms with Gasteiger partial charge in [-0.25, -0.2) is 26.8 Å². The topological polar surface area (TPSA) is 125 Å². The first-order chi connectivity index (χ1) is 40.6. The Morgan fingerprint density at radius 3 is 1.28 bits per heavy atom. The molecule has 0 fully saturated rings. The number of aromatic amines is 1. The van der Waals surface area contributed by atoms with Crippen molar-refractivity contribution >= 4 is 189 Å². The summed E-state index contributed by atoms with van der Waals surface area (Å²) >= 11 is 5.46. The molecule has 88 heavy (non-hydrogen) atoms. The average molecular weight is 1200 g/mol. The molecule has 0 aliphatic heterocycles. The summed E-state index contributed by atoms with van der Waals surface area (Å²) in [6, 6.07) is 6.41. The van der Waals surface area contributed by atoms with E-state index in [1.54, 1.807) is 35.0 Å². The van der Waals surface area contributed by atoms with Crippen LogP contribution in [-0.2, 0) is 58.5 Å². The van der Waals surface area contributed by atoms with Crippen LogP contribution >= 0.6 is 11.6 Å². The summed E-state index contributed by atoms with van der Waals surface area (Å²) in [6.07, 6.45) is -3.38. The van der Waals surface area contributed by atoms with Gasteiger partial charge in [0.1, 0.15) is 0 Å². The second kappa shape index (κ2) is 37.7. The predicted octanol–water partition coefficient (Wildman–Crippen LogP) is 3.43. The van der Waals surface area contributed by atoms with Gasteiger partial charge in [0.25, 0.3) is 0 Å². The molecule has 0 aliphatic rings. The molecule has 21 radical (unpaired) electrons. The zero-order valence-corrected chi connectivity index (χ0v) is 49.4. The van der Waals surface area contributed by atoms with Crippen molar-refractivity contribution in [1.29, 1.82) is 0 Å². The lowest BCUT2D eigenvalue weighted by atomic mass is 8.40. The molecule has 6 rings (SSSR count). The molecule has 0 saturated heterocycles. The number of benzene rings is 2. The maximum atomic E-state index is 13.3. The summed E-state index contributed by atoms with van der Waals surface area (Å²) < 4.78 is 129. The van der Waals surface area contributed by atoms with Crippen LogP contribution in [0.3, 0.4) is 0 Å². The number of H-pyrrole nitrogens is 1.